The van der Waals surface area contributed by atoms with Crippen molar-refractivity contribution < 1.29 is 14.3 Å². The highest BCUT2D eigenvalue weighted by atomic mass is 79.9. The number of ketones is 1. The first-order valence-corrected chi connectivity index (χ1v) is 6.25. The number of aliphatic hydroxyl groups excluding tert-OH is 1. The van der Waals surface area contributed by atoms with Crippen molar-refractivity contribution in [1.82, 2.24) is 0 Å². The fourth-order valence-electron chi connectivity index (χ4n) is 2.14. The van der Waals surface area contributed by atoms with Crippen LogP contribution in [0.25, 0.3) is 0 Å². The van der Waals surface area contributed by atoms with E-state index in [2.05, 4.69) is 21.2 Å². The maximum Gasteiger partial charge on any atom is 0.196 e. The Kier molecular flexibility index (Phi) is 2.97. The van der Waals surface area contributed by atoms with Gasteiger partial charge in [-0.1, -0.05) is 15.9 Å². The number of hydrogen-bond donors (Lipinski definition) is 2. The van der Waals surface area contributed by atoms with Crippen LogP contribution < -0.4 is 5.32 Å². The van der Waals surface area contributed by atoms with Crippen LogP contribution in [0.1, 0.15) is 29.8 Å². The van der Waals surface area contributed by atoms with Gasteiger partial charge in [-0.15, -0.1) is 0 Å². The van der Waals surface area contributed by atoms with E-state index in [-0.39, 0.29) is 22.6 Å². The van der Waals surface area contributed by atoms with Gasteiger partial charge in [-0.2, -0.15) is 0 Å². The van der Waals surface area contributed by atoms with Gasteiger partial charge in [0.15, 0.2) is 5.78 Å². The molecule has 0 aliphatic carbocycles. The third-order valence-corrected chi connectivity index (χ3v) is 4.01. The van der Waals surface area contributed by atoms with E-state index in [1.54, 1.807) is 20.8 Å². The predicted octanol–water partition coefficient (Wildman–Crippen LogP) is 3.73. The van der Waals surface area contributed by atoms with Crippen molar-refractivity contribution in [2.45, 2.75) is 26.3 Å². The second kappa shape index (κ2) is 4.09. The third kappa shape index (κ3) is 1.73. The van der Waals surface area contributed by atoms with Gasteiger partial charge in [0.25, 0.3) is 0 Å². The van der Waals surface area contributed by atoms with Gasteiger partial charge in [-0.05, 0) is 32.4 Å². The number of halogens is 2. The molecular formula is C13H13BrFNO2. The van der Waals surface area contributed by atoms with Crippen LogP contribution >= 0.6 is 15.9 Å². The Bertz CT molecular complexity index is 579. The number of fused-ring (bicyclic) bond motifs is 1. The smallest absolute Gasteiger partial charge is 0.196 e. The molecule has 0 saturated carbocycles. The normalized spacial score (nSPS) is 19.6. The van der Waals surface area contributed by atoms with Crippen molar-refractivity contribution >= 4 is 27.4 Å². The Labute approximate surface area is 113 Å². The number of hydrogen-bond acceptors (Lipinski definition) is 3. The van der Waals surface area contributed by atoms with Crippen molar-refractivity contribution in [3.8, 4) is 0 Å². The van der Waals surface area contributed by atoms with Crippen LogP contribution in [0.3, 0.4) is 0 Å². The Hall–Kier alpha value is -1.36. The van der Waals surface area contributed by atoms with Crippen LogP contribution in [0, 0.1) is 12.7 Å². The minimum absolute atomic E-state index is 0.191. The quantitative estimate of drug-likeness (QED) is 0.567. The van der Waals surface area contributed by atoms with Gasteiger partial charge in [-0.25, -0.2) is 4.39 Å². The average Bonchev–Trinajstić information content (AvgIpc) is 2.25. The van der Waals surface area contributed by atoms with E-state index in [1.807, 2.05) is 0 Å². The summed E-state index contributed by atoms with van der Waals surface area (Å²) in [5.41, 5.74) is 0.520. The first-order valence-electron chi connectivity index (χ1n) is 5.46. The fraction of sp³-hybridized carbons (Fsp3) is 0.308. The highest BCUT2D eigenvalue weighted by Crippen LogP contribution is 2.39. The summed E-state index contributed by atoms with van der Waals surface area (Å²) in [4.78, 5) is 12.3. The minimum Gasteiger partial charge on any atom is -0.515 e. The predicted molar refractivity (Wildman–Crippen MR) is 71.6 cm³/mol. The number of rotatable bonds is 0. The van der Waals surface area contributed by atoms with Crippen LogP contribution in [0.5, 0.6) is 0 Å². The Morgan fingerprint density at radius 2 is 2.11 bits per heavy atom. The number of Topliss-reactive ketones (excluding diaryl/α,β-unsaturated/α-hetero) is 1. The summed E-state index contributed by atoms with van der Waals surface area (Å²) >= 11 is 3.22. The number of nitrogens with one attached hydrogen (secondary N) is 1. The molecule has 0 unspecified atom stereocenters. The minimum atomic E-state index is -0.806. The SMILES string of the molecule is Cc1c(Br)cc(F)c2c1C(=O)/C(=C\O)C(C)(C)N2. The zero-order valence-corrected chi connectivity index (χ0v) is 11.9. The Morgan fingerprint density at radius 1 is 1.50 bits per heavy atom. The zero-order valence-electron chi connectivity index (χ0n) is 10.3. The summed E-state index contributed by atoms with van der Waals surface area (Å²) in [5.74, 6) is -0.838. The second-order valence-electron chi connectivity index (χ2n) is 4.84. The largest absolute Gasteiger partial charge is 0.515 e. The molecule has 0 saturated heterocycles. The van der Waals surface area contributed by atoms with E-state index in [1.165, 1.54) is 6.07 Å². The van der Waals surface area contributed by atoms with Gasteiger partial charge >= 0.3 is 0 Å². The molecule has 0 bridgehead atoms. The molecular weight excluding hydrogens is 301 g/mol. The molecule has 0 fully saturated rings. The highest BCUT2D eigenvalue weighted by molar-refractivity contribution is 9.10. The first kappa shape index (κ1) is 13.1. The van der Waals surface area contributed by atoms with Gasteiger partial charge in [0, 0.05) is 4.47 Å². The number of carbonyl (C=O) groups excluding carboxylic acids is 1. The summed E-state index contributed by atoms with van der Waals surface area (Å²) in [6.45, 7) is 5.16. The molecule has 2 N–H and O–H groups in total. The molecule has 2 rings (SSSR count). The van der Waals surface area contributed by atoms with Gasteiger partial charge in [0.1, 0.15) is 5.82 Å². The fourth-order valence-corrected chi connectivity index (χ4v) is 2.54. The number of carbonyl (C=O) groups is 1. The molecule has 1 aromatic carbocycles. The topological polar surface area (TPSA) is 49.3 Å². The van der Waals surface area contributed by atoms with Crippen LogP contribution in [0.4, 0.5) is 10.1 Å². The summed E-state index contributed by atoms with van der Waals surface area (Å²) in [6, 6.07) is 1.33. The molecule has 0 amide bonds. The maximum absolute atomic E-state index is 13.9. The Morgan fingerprint density at radius 3 is 2.67 bits per heavy atom. The molecule has 1 aromatic rings. The van der Waals surface area contributed by atoms with Crippen LogP contribution in [0.2, 0.25) is 0 Å². The van der Waals surface area contributed by atoms with E-state index < -0.39 is 11.4 Å². The molecule has 1 aliphatic heterocycles. The molecule has 0 radical (unpaired) electrons. The van der Waals surface area contributed by atoms with E-state index in [9.17, 15) is 14.3 Å². The monoisotopic (exact) mass is 313 g/mol. The summed E-state index contributed by atoms with van der Waals surface area (Å²) in [6.07, 6.45) is 0.788. The van der Waals surface area contributed by atoms with Crippen LogP contribution in [-0.4, -0.2) is 16.4 Å². The van der Waals surface area contributed by atoms with Crippen molar-refractivity contribution in [3.63, 3.8) is 0 Å². The summed E-state index contributed by atoms with van der Waals surface area (Å²) in [7, 11) is 0. The molecule has 0 atom stereocenters. The Balaban J connectivity index is 2.79. The van der Waals surface area contributed by atoms with Gasteiger partial charge < -0.3 is 10.4 Å². The zero-order chi connectivity index (χ0) is 13.7. The van der Waals surface area contributed by atoms with Crippen molar-refractivity contribution in [1.29, 1.82) is 0 Å². The molecule has 96 valence electrons. The molecule has 1 aliphatic rings. The van der Waals surface area contributed by atoms with Gasteiger partial charge in [-0.3, -0.25) is 4.79 Å². The average molecular weight is 314 g/mol. The standard InChI is InChI=1S/C13H13BrFNO2/c1-6-8(14)4-9(15)11-10(6)12(18)7(5-17)13(2,3)16-11/h4-5,16-17H,1-3H3/b7-5+. The van der Waals surface area contributed by atoms with Gasteiger partial charge in [0.05, 0.1) is 28.6 Å². The summed E-state index contributed by atoms with van der Waals surface area (Å²) < 4.78 is 14.5. The number of anilines is 1. The van der Waals surface area contributed by atoms with E-state index in [0.29, 0.717) is 10.0 Å². The molecule has 3 nitrogen and oxygen atoms in total. The van der Waals surface area contributed by atoms with E-state index in [0.717, 1.165) is 6.26 Å². The molecule has 5 heteroatoms. The summed E-state index contributed by atoms with van der Waals surface area (Å²) in [5, 5.41) is 12.2. The van der Waals surface area contributed by atoms with E-state index in [4.69, 9.17) is 0 Å². The third-order valence-electron chi connectivity index (χ3n) is 3.19. The van der Waals surface area contributed by atoms with Crippen LogP contribution in [0.15, 0.2) is 22.4 Å². The second-order valence-corrected chi connectivity index (χ2v) is 5.69. The lowest BCUT2D eigenvalue weighted by molar-refractivity contribution is 0.101. The molecule has 1 heterocycles. The molecule has 0 spiro atoms. The maximum atomic E-state index is 13.9. The molecule has 18 heavy (non-hydrogen) atoms. The van der Waals surface area contributed by atoms with Crippen LogP contribution in [-0.2, 0) is 0 Å². The lowest BCUT2D eigenvalue weighted by atomic mass is 9.82. The lowest BCUT2D eigenvalue weighted by Gasteiger charge is -2.35. The molecule has 0 aromatic heterocycles. The van der Waals surface area contributed by atoms with E-state index >= 15 is 0 Å². The first-order chi connectivity index (χ1) is 8.29. The highest BCUT2D eigenvalue weighted by Gasteiger charge is 2.38. The van der Waals surface area contributed by atoms with Crippen molar-refractivity contribution in [3.05, 3.63) is 39.3 Å². The lowest BCUT2D eigenvalue weighted by Crippen LogP contribution is -2.42. The number of benzene rings is 1. The number of aliphatic hydroxyl groups is 1. The van der Waals surface area contributed by atoms with Gasteiger partial charge in [0.2, 0.25) is 0 Å². The van der Waals surface area contributed by atoms with Crippen molar-refractivity contribution in [2.75, 3.05) is 5.32 Å². The van der Waals surface area contributed by atoms with Crippen molar-refractivity contribution in [2.24, 2.45) is 0 Å².